The third-order valence-corrected chi connectivity index (χ3v) is 5.39. The van der Waals surface area contributed by atoms with E-state index in [0.717, 1.165) is 16.5 Å². The lowest BCUT2D eigenvalue weighted by atomic mass is 10.1. The fraction of sp³-hybridized carbons (Fsp3) is 0.217. The van der Waals surface area contributed by atoms with E-state index in [1.165, 1.54) is 46.7 Å². The summed E-state index contributed by atoms with van der Waals surface area (Å²) in [5.41, 5.74) is 3.62. The molecule has 3 aromatic rings. The molecule has 0 atom stereocenters. The number of benzene rings is 2. The van der Waals surface area contributed by atoms with E-state index in [4.69, 9.17) is 4.74 Å². The van der Waals surface area contributed by atoms with Gasteiger partial charge >= 0.3 is 0 Å². The van der Waals surface area contributed by atoms with E-state index in [0.29, 0.717) is 25.3 Å². The molecule has 0 N–H and O–H groups in total. The predicted octanol–water partition coefficient (Wildman–Crippen LogP) is 5.31. The van der Waals surface area contributed by atoms with Crippen LogP contribution in [-0.2, 0) is 13.2 Å². The van der Waals surface area contributed by atoms with Crippen molar-refractivity contribution in [1.29, 1.82) is 0 Å². The molecular weight excluding hydrogens is 387 g/mol. The summed E-state index contributed by atoms with van der Waals surface area (Å²) in [7, 11) is 0. The number of hydrogen-bond acceptors (Lipinski definition) is 4. The SMILES string of the molecule is C=CCN(Cc1csc(COc2ccc(C)c(C)c2)n1)C(=O)c1ccc(F)cc1. The van der Waals surface area contributed by atoms with Crippen LogP contribution in [0.5, 0.6) is 5.75 Å². The summed E-state index contributed by atoms with van der Waals surface area (Å²) in [6.45, 7) is 8.94. The Balaban J connectivity index is 1.64. The molecule has 1 aromatic heterocycles. The van der Waals surface area contributed by atoms with Gasteiger partial charge in [-0.05, 0) is 61.4 Å². The molecule has 3 rings (SSSR count). The van der Waals surface area contributed by atoms with Crippen LogP contribution in [0.4, 0.5) is 4.39 Å². The van der Waals surface area contributed by atoms with Crippen molar-refractivity contribution < 1.29 is 13.9 Å². The fourth-order valence-corrected chi connectivity index (χ4v) is 3.48. The number of thiazole rings is 1. The first kappa shape index (κ1) is 20.7. The van der Waals surface area contributed by atoms with E-state index in [9.17, 15) is 9.18 Å². The van der Waals surface area contributed by atoms with Gasteiger partial charge in [-0.3, -0.25) is 4.79 Å². The number of halogens is 1. The second-order valence-electron chi connectivity index (χ2n) is 6.75. The Morgan fingerprint density at radius 1 is 1.21 bits per heavy atom. The minimum atomic E-state index is -0.371. The Labute approximate surface area is 174 Å². The Kier molecular flexibility index (Phi) is 6.77. The summed E-state index contributed by atoms with van der Waals surface area (Å²) in [5.74, 6) is 0.250. The zero-order chi connectivity index (χ0) is 20.8. The van der Waals surface area contributed by atoms with Crippen molar-refractivity contribution in [2.45, 2.75) is 27.0 Å². The van der Waals surface area contributed by atoms with Crippen molar-refractivity contribution in [2.75, 3.05) is 6.54 Å². The molecule has 6 heteroatoms. The summed E-state index contributed by atoms with van der Waals surface area (Å²) >= 11 is 1.50. The maximum Gasteiger partial charge on any atom is 0.254 e. The van der Waals surface area contributed by atoms with Crippen LogP contribution in [0.1, 0.15) is 32.2 Å². The van der Waals surface area contributed by atoms with Crippen LogP contribution < -0.4 is 4.74 Å². The maximum absolute atomic E-state index is 13.1. The highest BCUT2D eigenvalue weighted by molar-refractivity contribution is 7.09. The second-order valence-corrected chi connectivity index (χ2v) is 7.69. The standard InChI is InChI=1S/C23H23FN2O2S/c1-4-11-26(23(27)18-6-8-19(24)9-7-18)13-20-15-29-22(25-20)14-28-21-10-5-16(2)17(3)12-21/h4-10,12,15H,1,11,13-14H2,2-3H3. The topological polar surface area (TPSA) is 42.4 Å². The summed E-state index contributed by atoms with van der Waals surface area (Å²) in [6, 6.07) is 11.5. The average Bonchev–Trinajstić information content (AvgIpc) is 3.16. The van der Waals surface area contributed by atoms with E-state index >= 15 is 0 Å². The fourth-order valence-electron chi connectivity index (χ4n) is 2.78. The molecular formula is C23H23FN2O2S. The van der Waals surface area contributed by atoms with Gasteiger partial charge in [-0.15, -0.1) is 17.9 Å². The number of aromatic nitrogens is 1. The normalized spacial score (nSPS) is 10.6. The quantitative estimate of drug-likeness (QED) is 0.473. The monoisotopic (exact) mass is 410 g/mol. The van der Waals surface area contributed by atoms with Crippen LogP contribution in [0.2, 0.25) is 0 Å². The highest BCUT2D eigenvalue weighted by Gasteiger charge is 2.16. The third kappa shape index (κ3) is 5.51. The molecule has 1 amide bonds. The van der Waals surface area contributed by atoms with Gasteiger partial charge in [0.1, 0.15) is 23.2 Å². The van der Waals surface area contributed by atoms with Gasteiger partial charge in [0, 0.05) is 17.5 Å². The van der Waals surface area contributed by atoms with Crippen LogP contribution in [0.3, 0.4) is 0 Å². The van der Waals surface area contributed by atoms with Crippen LogP contribution in [-0.4, -0.2) is 22.3 Å². The van der Waals surface area contributed by atoms with Crippen molar-refractivity contribution in [1.82, 2.24) is 9.88 Å². The summed E-state index contributed by atoms with van der Waals surface area (Å²) < 4.78 is 19.0. The van der Waals surface area contributed by atoms with Crippen LogP contribution >= 0.6 is 11.3 Å². The largest absolute Gasteiger partial charge is 0.486 e. The molecule has 0 aliphatic heterocycles. The lowest BCUT2D eigenvalue weighted by Gasteiger charge is -2.20. The second kappa shape index (κ2) is 9.47. The lowest BCUT2D eigenvalue weighted by molar-refractivity contribution is 0.0761. The number of hydrogen-bond donors (Lipinski definition) is 0. The number of ether oxygens (including phenoxy) is 1. The number of nitrogens with zero attached hydrogens (tertiary/aromatic N) is 2. The summed E-state index contributed by atoms with van der Waals surface area (Å²) in [4.78, 5) is 18.9. The first-order chi connectivity index (χ1) is 14.0. The minimum Gasteiger partial charge on any atom is -0.486 e. The van der Waals surface area contributed by atoms with Crippen LogP contribution in [0, 0.1) is 19.7 Å². The van der Waals surface area contributed by atoms with Crippen LogP contribution in [0.25, 0.3) is 0 Å². The summed E-state index contributed by atoms with van der Waals surface area (Å²) in [6.07, 6.45) is 1.66. The molecule has 0 saturated heterocycles. The smallest absolute Gasteiger partial charge is 0.254 e. The maximum atomic E-state index is 13.1. The molecule has 0 bridgehead atoms. The zero-order valence-electron chi connectivity index (χ0n) is 16.5. The van der Waals surface area contributed by atoms with Crippen molar-refractivity contribution in [2.24, 2.45) is 0 Å². The molecule has 1 heterocycles. The molecule has 4 nitrogen and oxygen atoms in total. The number of rotatable bonds is 8. The van der Waals surface area contributed by atoms with E-state index in [1.807, 2.05) is 23.6 Å². The van der Waals surface area contributed by atoms with Gasteiger partial charge in [-0.2, -0.15) is 0 Å². The molecule has 2 aromatic carbocycles. The van der Waals surface area contributed by atoms with Crippen molar-refractivity contribution in [3.05, 3.63) is 93.7 Å². The molecule has 0 aliphatic rings. The highest BCUT2D eigenvalue weighted by Crippen LogP contribution is 2.20. The number of amides is 1. The average molecular weight is 411 g/mol. The lowest BCUT2D eigenvalue weighted by Crippen LogP contribution is -2.30. The molecule has 0 saturated carbocycles. The molecule has 0 spiro atoms. The van der Waals surface area contributed by atoms with E-state index < -0.39 is 0 Å². The van der Waals surface area contributed by atoms with Gasteiger partial charge in [0.2, 0.25) is 0 Å². The van der Waals surface area contributed by atoms with Gasteiger partial charge in [0.25, 0.3) is 5.91 Å². The third-order valence-electron chi connectivity index (χ3n) is 4.52. The van der Waals surface area contributed by atoms with Gasteiger partial charge < -0.3 is 9.64 Å². The summed E-state index contributed by atoms with van der Waals surface area (Å²) in [5, 5.41) is 2.76. The van der Waals surface area contributed by atoms with Crippen molar-refractivity contribution in [3.63, 3.8) is 0 Å². The minimum absolute atomic E-state index is 0.189. The Hall–Kier alpha value is -2.99. The van der Waals surface area contributed by atoms with E-state index in [2.05, 4.69) is 25.4 Å². The molecule has 150 valence electrons. The molecule has 0 fully saturated rings. The first-order valence-corrected chi connectivity index (χ1v) is 10.1. The first-order valence-electron chi connectivity index (χ1n) is 9.25. The zero-order valence-corrected chi connectivity index (χ0v) is 17.3. The molecule has 29 heavy (non-hydrogen) atoms. The van der Waals surface area contributed by atoms with Gasteiger partial charge in [-0.1, -0.05) is 12.1 Å². The van der Waals surface area contributed by atoms with Crippen LogP contribution in [0.15, 0.2) is 60.5 Å². The van der Waals surface area contributed by atoms with Gasteiger partial charge in [0.15, 0.2) is 0 Å². The molecule has 0 unspecified atom stereocenters. The predicted molar refractivity (Wildman–Crippen MR) is 114 cm³/mol. The Morgan fingerprint density at radius 3 is 2.66 bits per heavy atom. The Morgan fingerprint density at radius 2 is 1.97 bits per heavy atom. The molecule has 0 aliphatic carbocycles. The highest BCUT2D eigenvalue weighted by atomic mass is 32.1. The van der Waals surface area contributed by atoms with Crippen molar-refractivity contribution >= 4 is 17.2 Å². The number of aryl methyl sites for hydroxylation is 2. The van der Waals surface area contributed by atoms with Gasteiger partial charge in [0.05, 0.1) is 12.2 Å². The van der Waals surface area contributed by atoms with Gasteiger partial charge in [-0.25, -0.2) is 9.37 Å². The van der Waals surface area contributed by atoms with E-state index in [1.54, 1.807) is 11.0 Å². The Bertz CT molecular complexity index is 998. The van der Waals surface area contributed by atoms with E-state index in [-0.39, 0.29) is 11.7 Å². The molecule has 0 radical (unpaired) electrons. The number of carbonyl (C=O) groups is 1. The van der Waals surface area contributed by atoms with Crippen molar-refractivity contribution in [3.8, 4) is 5.75 Å². The number of carbonyl (C=O) groups excluding carboxylic acids is 1.